The SMILES string of the molecule is Nc1ccc(CCCn2cc(Cl)c(=O)[nH]c2=O)cc1. The average Bonchev–Trinajstić information content (AvgIpc) is 2.38. The average molecular weight is 280 g/mol. The van der Waals surface area contributed by atoms with E-state index in [0.29, 0.717) is 6.54 Å². The highest BCUT2D eigenvalue weighted by Gasteiger charge is 2.02. The van der Waals surface area contributed by atoms with E-state index in [4.69, 9.17) is 17.3 Å². The number of nitrogens with zero attached hydrogens (tertiary/aromatic N) is 1. The molecule has 2 rings (SSSR count). The van der Waals surface area contributed by atoms with Crippen molar-refractivity contribution < 1.29 is 0 Å². The summed E-state index contributed by atoms with van der Waals surface area (Å²) < 4.78 is 1.40. The van der Waals surface area contributed by atoms with Crippen LogP contribution in [0, 0.1) is 0 Å². The van der Waals surface area contributed by atoms with Gasteiger partial charge in [-0.25, -0.2) is 4.79 Å². The minimum absolute atomic E-state index is 0.0204. The number of nitrogens with two attached hydrogens (primary N) is 1. The fourth-order valence-electron chi connectivity index (χ4n) is 1.79. The molecule has 0 aliphatic carbocycles. The van der Waals surface area contributed by atoms with Gasteiger partial charge in [0.25, 0.3) is 5.56 Å². The maximum absolute atomic E-state index is 11.5. The molecule has 1 aromatic heterocycles. The molecule has 0 saturated carbocycles. The molecule has 0 amide bonds. The molecule has 6 heteroatoms. The van der Waals surface area contributed by atoms with Gasteiger partial charge in [-0.15, -0.1) is 0 Å². The zero-order chi connectivity index (χ0) is 13.8. The van der Waals surface area contributed by atoms with Crippen LogP contribution < -0.4 is 17.0 Å². The quantitative estimate of drug-likeness (QED) is 0.830. The fraction of sp³-hybridized carbons (Fsp3) is 0.231. The molecule has 1 aromatic carbocycles. The number of aromatic nitrogens is 2. The molecule has 2 aromatic rings. The Hall–Kier alpha value is -2.01. The van der Waals surface area contributed by atoms with Crippen LogP contribution in [-0.2, 0) is 13.0 Å². The largest absolute Gasteiger partial charge is 0.399 e. The maximum Gasteiger partial charge on any atom is 0.328 e. The Kier molecular flexibility index (Phi) is 4.06. The number of nitrogens with one attached hydrogen (secondary N) is 1. The first kappa shape index (κ1) is 13.4. The van der Waals surface area contributed by atoms with E-state index in [1.54, 1.807) is 0 Å². The lowest BCUT2D eigenvalue weighted by Gasteiger charge is -2.05. The molecule has 0 bridgehead atoms. The molecular weight excluding hydrogens is 266 g/mol. The van der Waals surface area contributed by atoms with E-state index in [2.05, 4.69) is 4.98 Å². The van der Waals surface area contributed by atoms with Crippen molar-refractivity contribution in [3.05, 3.63) is 61.9 Å². The number of nitrogen functional groups attached to an aromatic ring is 1. The zero-order valence-electron chi connectivity index (χ0n) is 10.2. The van der Waals surface area contributed by atoms with E-state index in [9.17, 15) is 9.59 Å². The molecule has 0 unspecified atom stereocenters. The summed E-state index contributed by atoms with van der Waals surface area (Å²) >= 11 is 5.68. The molecular formula is C13H14ClN3O2. The Bertz CT molecular complexity index is 674. The Labute approximate surface area is 114 Å². The molecule has 3 N–H and O–H groups in total. The van der Waals surface area contributed by atoms with Gasteiger partial charge in [0.15, 0.2) is 0 Å². The molecule has 0 atom stereocenters. The van der Waals surface area contributed by atoms with Crippen LogP contribution in [0.15, 0.2) is 40.1 Å². The van der Waals surface area contributed by atoms with Gasteiger partial charge in [0.2, 0.25) is 0 Å². The first-order valence-corrected chi connectivity index (χ1v) is 6.28. The highest BCUT2D eigenvalue weighted by Crippen LogP contribution is 2.08. The number of aryl methyl sites for hydroxylation is 2. The van der Waals surface area contributed by atoms with Gasteiger partial charge in [0, 0.05) is 18.4 Å². The van der Waals surface area contributed by atoms with E-state index < -0.39 is 11.2 Å². The summed E-state index contributed by atoms with van der Waals surface area (Å²) in [5.41, 5.74) is 6.49. The van der Waals surface area contributed by atoms with Crippen molar-refractivity contribution in [2.75, 3.05) is 5.73 Å². The summed E-state index contributed by atoms with van der Waals surface area (Å²) in [6.45, 7) is 0.500. The molecule has 0 radical (unpaired) electrons. The Morgan fingerprint density at radius 3 is 2.58 bits per heavy atom. The third kappa shape index (κ3) is 3.48. The van der Waals surface area contributed by atoms with E-state index >= 15 is 0 Å². The van der Waals surface area contributed by atoms with E-state index in [1.807, 2.05) is 24.3 Å². The van der Waals surface area contributed by atoms with Crippen molar-refractivity contribution in [1.82, 2.24) is 9.55 Å². The minimum Gasteiger partial charge on any atom is -0.399 e. The molecule has 100 valence electrons. The summed E-state index contributed by atoms with van der Waals surface area (Å²) in [6, 6.07) is 7.60. The van der Waals surface area contributed by atoms with Crippen LogP contribution >= 0.6 is 11.6 Å². The molecule has 0 fully saturated rings. The molecule has 0 saturated heterocycles. The van der Waals surface area contributed by atoms with Crippen LogP contribution in [0.4, 0.5) is 5.69 Å². The summed E-state index contributed by atoms with van der Waals surface area (Å²) in [5.74, 6) is 0. The predicted octanol–water partition coefficient (Wildman–Crippen LogP) is 1.41. The Balaban J connectivity index is 2.00. The van der Waals surface area contributed by atoms with E-state index in [-0.39, 0.29) is 5.02 Å². The predicted molar refractivity (Wildman–Crippen MR) is 75.5 cm³/mol. The van der Waals surface area contributed by atoms with Crippen LogP contribution in [0.3, 0.4) is 0 Å². The number of halogens is 1. The second kappa shape index (κ2) is 5.75. The Morgan fingerprint density at radius 2 is 1.89 bits per heavy atom. The number of benzene rings is 1. The first-order valence-electron chi connectivity index (χ1n) is 5.90. The summed E-state index contributed by atoms with van der Waals surface area (Å²) in [6.07, 6.45) is 2.96. The number of anilines is 1. The standard InChI is InChI=1S/C13H14ClN3O2/c14-11-8-17(13(19)16-12(11)18)7-1-2-9-3-5-10(15)6-4-9/h3-6,8H,1-2,7,15H2,(H,16,18,19). The Morgan fingerprint density at radius 1 is 1.21 bits per heavy atom. The molecule has 19 heavy (non-hydrogen) atoms. The van der Waals surface area contributed by atoms with Gasteiger partial charge in [-0.2, -0.15) is 0 Å². The lowest BCUT2D eigenvalue weighted by molar-refractivity contribution is 0.605. The van der Waals surface area contributed by atoms with Gasteiger partial charge in [-0.3, -0.25) is 14.3 Å². The van der Waals surface area contributed by atoms with Crippen molar-refractivity contribution >= 4 is 17.3 Å². The highest BCUT2D eigenvalue weighted by atomic mass is 35.5. The number of aromatic amines is 1. The van der Waals surface area contributed by atoms with E-state index in [0.717, 1.165) is 24.1 Å². The summed E-state index contributed by atoms with van der Waals surface area (Å²) in [4.78, 5) is 24.8. The topological polar surface area (TPSA) is 80.9 Å². The minimum atomic E-state index is -0.554. The van der Waals surface area contributed by atoms with Crippen molar-refractivity contribution in [3.8, 4) is 0 Å². The van der Waals surface area contributed by atoms with Gasteiger partial charge in [-0.05, 0) is 30.5 Å². The molecule has 0 spiro atoms. The van der Waals surface area contributed by atoms with Crippen LogP contribution in [0.5, 0.6) is 0 Å². The smallest absolute Gasteiger partial charge is 0.328 e. The van der Waals surface area contributed by atoms with Gasteiger partial charge in [0.1, 0.15) is 5.02 Å². The lowest BCUT2D eigenvalue weighted by Crippen LogP contribution is -2.29. The van der Waals surface area contributed by atoms with Gasteiger partial charge < -0.3 is 5.73 Å². The van der Waals surface area contributed by atoms with Crippen LogP contribution in [-0.4, -0.2) is 9.55 Å². The molecule has 0 aliphatic rings. The monoisotopic (exact) mass is 279 g/mol. The number of H-pyrrole nitrogens is 1. The fourth-order valence-corrected chi connectivity index (χ4v) is 1.95. The van der Waals surface area contributed by atoms with Crippen LogP contribution in [0.1, 0.15) is 12.0 Å². The van der Waals surface area contributed by atoms with Gasteiger partial charge in [-0.1, -0.05) is 23.7 Å². The van der Waals surface area contributed by atoms with Gasteiger partial charge in [0.05, 0.1) is 0 Å². The van der Waals surface area contributed by atoms with E-state index in [1.165, 1.54) is 10.8 Å². The number of hydrogen-bond donors (Lipinski definition) is 2. The molecule has 1 heterocycles. The van der Waals surface area contributed by atoms with Crippen LogP contribution in [0.25, 0.3) is 0 Å². The van der Waals surface area contributed by atoms with Crippen molar-refractivity contribution in [1.29, 1.82) is 0 Å². The number of rotatable bonds is 4. The van der Waals surface area contributed by atoms with Crippen molar-refractivity contribution in [3.63, 3.8) is 0 Å². The second-order valence-electron chi connectivity index (χ2n) is 4.27. The maximum atomic E-state index is 11.5. The number of hydrogen-bond acceptors (Lipinski definition) is 3. The third-order valence-electron chi connectivity index (χ3n) is 2.81. The molecule has 0 aliphatic heterocycles. The normalized spacial score (nSPS) is 10.6. The lowest BCUT2D eigenvalue weighted by atomic mass is 10.1. The van der Waals surface area contributed by atoms with Gasteiger partial charge >= 0.3 is 5.69 Å². The van der Waals surface area contributed by atoms with Crippen molar-refractivity contribution in [2.45, 2.75) is 19.4 Å². The van der Waals surface area contributed by atoms with Crippen molar-refractivity contribution in [2.24, 2.45) is 0 Å². The summed E-state index contributed by atoms with van der Waals surface area (Å²) in [7, 11) is 0. The second-order valence-corrected chi connectivity index (χ2v) is 4.68. The first-order chi connectivity index (χ1) is 9.06. The highest BCUT2D eigenvalue weighted by molar-refractivity contribution is 6.30. The zero-order valence-corrected chi connectivity index (χ0v) is 11.0. The third-order valence-corrected chi connectivity index (χ3v) is 3.08. The molecule has 5 nitrogen and oxygen atoms in total. The van der Waals surface area contributed by atoms with Crippen LogP contribution in [0.2, 0.25) is 5.02 Å². The summed E-state index contributed by atoms with van der Waals surface area (Å²) in [5, 5.41) is 0.0204.